The van der Waals surface area contributed by atoms with Crippen LogP contribution < -0.4 is 9.47 Å². The summed E-state index contributed by atoms with van der Waals surface area (Å²) in [5.74, 6) is 0.963. The van der Waals surface area contributed by atoms with E-state index in [0.29, 0.717) is 11.5 Å². The SMILES string of the molecule is COc1cc(/C=C2\N=C(c3ccc(-c4ccccc4)cc3)OC2=O)cc(Br)c1OC(C)C. The average Bonchev–Trinajstić information content (AvgIpc) is 3.16. The number of cyclic esters (lactones) is 1. The zero-order valence-corrected chi connectivity index (χ0v) is 19.5. The molecule has 1 aliphatic rings. The highest BCUT2D eigenvalue weighted by atomic mass is 79.9. The Labute approximate surface area is 195 Å². The van der Waals surface area contributed by atoms with Gasteiger partial charge in [0.1, 0.15) is 0 Å². The number of hydrogen-bond donors (Lipinski definition) is 0. The highest BCUT2D eigenvalue weighted by molar-refractivity contribution is 9.10. The minimum atomic E-state index is -0.496. The first kappa shape index (κ1) is 21.8. The molecule has 0 unspecified atom stereocenters. The molecule has 0 saturated heterocycles. The number of hydrogen-bond acceptors (Lipinski definition) is 5. The van der Waals surface area contributed by atoms with Crippen LogP contribution in [0.4, 0.5) is 0 Å². The molecule has 0 amide bonds. The van der Waals surface area contributed by atoms with Crippen molar-refractivity contribution < 1.29 is 19.0 Å². The number of carbonyl (C=O) groups excluding carboxylic acids is 1. The fourth-order valence-electron chi connectivity index (χ4n) is 3.30. The number of ether oxygens (including phenoxy) is 3. The van der Waals surface area contributed by atoms with Gasteiger partial charge in [0.25, 0.3) is 0 Å². The molecule has 0 radical (unpaired) electrons. The van der Waals surface area contributed by atoms with Crippen molar-refractivity contribution in [2.75, 3.05) is 7.11 Å². The van der Waals surface area contributed by atoms with E-state index >= 15 is 0 Å². The van der Waals surface area contributed by atoms with E-state index in [-0.39, 0.29) is 17.7 Å². The molecule has 4 rings (SSSR count). The van der Waals surface area contributed by atoms with E-state index in [1.807, 2.05) is 74.5 Å². The van der Waals surface area contributed by atoms with Crippen LogP contribution in [0.2, 0.25) is 0 Å². The van der Waals surface area contributed by atoms with E-state index < -0.39 is 5.97 Å². The van der Waals surface area contributed by atoms with Crippen molar-refractivity contribution in [3.63, 3.8) is 0 Å². The fourth-order valence-corrected chi connectivity index (χ4v) is 3.85. The summed E-state index contributed by atoms with van der Waals surface area (Å²) in [4.78, 5) is 16.8. The first-order chi connectivity index (χ1) is 15.4. The predicted molar refractivity (Wildman–Crippen MR) is 129 cm³/mol. The van der Waals surface area contributed by atoms with Gasteiger partial charge in [-0.1, -0.05) is 42.5 Å². The number of nitrogens with zero attached hydrogens (tertiary/aromatic N) is 1. The second-order valence-corrected chi connectivity index (χ2v) is 8.33. The van der Waals surface area contributed by atoms with Crippen molar-refractivity contribution in [1.29, 1.82) is 0 Å². The average molecular weight is 492 g/mol. The molecule has 0 spiro atoms. The Bertz CT molecular complexity index is 1200. The molecule has 5 nitrogen and oxygen atoms in total. The fraction of sp³-hybridized carbons (Fsp3) is 0.154. The molecule has 0 atom stereocenters. The molecule has 0 aromatic heterocycles. The maximum atomic E-state index is 12.4. The van der Waals surface area contributed by atoms with Crippen molar-refractivity contribution in [3.8, 4) is 22.6 Å². The molecule has 0 saturated carbocycles. The van der Waals surface area contributed by atoms with Crippen molar-refractivity contribution in [2.45, 2.75) is 20.0 Å². The number of esters is 1. The van der Waals surface area contributed by atoms with Gasteiger partial charge >= 0.3 is 5.97 Å². The van der Waals surface area contributed by atoms with Crippen molar-refractivity contribution >= 4 is 33.9 Å². The topological polar surface area (TPSA) is 57.1 Å². The first-order valence-corrected chi connectivity index (χ1v) is 11.0. The van der Waals surface area contributed by atoms with Crippen LogP contribution in [0.1, 0.15) is 25.0 Å². The van der Waals surface area contributed by atoms with Gasteiger partial charge in [0.2, 0.25) is 5.90 Å². The van der Waals surface area contributed by atoms with Gasteiger partial charge < -0.3 is 14.2 Å². The summed E-state index contributed by atoms with van der Waals surface area (Å²) in [6.45, 7) is 3.89. The normalized spacial score (nSPS) is 14.5. The van der Waals surface area contributed by atoms with Gasteiger partial charge in [0, 0.05) is 5.56 Å². The first-order valence-electron chi connectivity index (χ1n) is 10.2. The molecule has 0 bridgehead atoms. The molecule has 32 heavy (non-hydrogen) atoms. The summed E-state index contributed by atoms with van der Waals surface area (Å²) < 4.78 is 17.4. The zero-order valence-electron chi connectivity index (χ0n) is 18.0. The van der Waals surface area contributed by atoms with Crippen LogP contribution >= 0.6 is 15.9 Å². The minimum absolute atomic E-state index is 0.00495. The molecule has 6 heteroatoms. The second kappa shape index (κ2) is 9.40. The van der Waals surface area contributed by atoms with E-state index in [2.05, 4.69) is 20.9 Å². The van der Waals surface area contributed by atoms with Crippen molar-refractivity contribution in [3.05, 3.63) is 88.0 Å². The highest BCUT2D eigenvalue weighted by Gasteiger charge is 2.24. The van der Waals surface area contributed by atoms with Gasteiger partial charge in [0.15, 0.2) is 17.2 Å². The molecule has 162 valence electrons. The van der Waals surface area contributed by atoms with Crippen LogP contribution in [0.3, 0.4) is 0 Å². The van der Waals surface area contributed by atoms with E-state index in [9.17, 15) is 4.79 Å². The van der Waals surface area contributed by atoms with E-state index in [0.717, 1.165) is 26.7 Å². The number of methoxy groups -OCH3 is 1. The van der Waals surface area contributed by atoms with E-state index in [1.165, 1.54) is 0 Å². The smallest absolute Gasteiger partial charge is 0.363 e. The van der Waals surface area contributed by atoms with Gasteiger partial charge in [-0.05, 0) is 76.8 Å². The van der Waals surface area contributed by atoms with Gasteiger partial charge in [-0.25, -0.2) is 9.79 Å². The maximum absolute atomic E-state index is 12.4. The zero-order chi connectivity index (χ0) is 22.7. The van der Waals surface area contributed by atoms with Gasteiger partial charge in [-0.15, -0.1) is 0 Å². The largest absolute Gasteiger partial charge is 0.493 e. The third kappa shape index (κ3) is 4.75. The van der Waals surface area contributed by atoms with Crippen LogP contribution in [0.25, 0.3) is 17.2 Å². The summed E-state index contributed by atoms with van der Waals surface area (Å²) in [6, 6.07) is 21.5. The third-order valence-corrected chi connectivity index (χ3v) is 5.36. The second-order valence-electron chi connectivity index (χ2n) is 7.48. The third-order valence-electron chi connectivity index (χ3n) is 4.77. The predicted octanol–water partition coefficient (Wildman–Crippen LogP) is 6.26. The standard InChI is InChI=1S/C26H22BrNO4/c1-16(2)31-24-21(27)13-17(15-23(24)30-3)14-22-26(29)32-25(28-22)20-11-9-19(10-12-20)18-7-5-4-6-8-18/h4-16H,1-3H3/b22-14-. The lowest BCUT2D eigenvalue weighted by molar-refractivity contribution is -0.129. The maximum Gasteiger partial charge on any atom is 0.363 e. The van der Waals surface area contributed by atoms with Gasteiger partial charge in [0.05, 0.1) is 17.7 Å². The van der Waals surface area contributed by atoms with Crippen LogP contribution in [-0.2, 0) is 9.53 Å². The number of rotatable bonds is 6. The molecule has 0 fully saturated rings. The van der Waals surface area contributed by atoms with Gasteiger partial charge in [-0.2, -0.15) is 0 Å². The Morgan fingerprint density at radius 2 is 1.62 bits per heavy atom. The molecule has 1 aliphatic heterocycles. The lowest BCUT2D eigenvalue weighted by Crippen LogP contribution is -2.07. The summed E-state index contributed by atoms with van der Waals surface area (Å²) in [6.07, 6.45) is 1.66. The summed E-state index contributed by atoms with van der Waals surface area (Å²) in [5, 5.41) is 0. The molecular weight excluding hydrogens is 470 g/mol. The van der Waals surface area contributed by atoms with Crippen molar-refractivity contribution in [2.24, 2.45) is 4.99 Å². The Balaban J connectivity index is 1.61. The lowest BCUT2D eigenvalue weighted by Gasteiger charge is -2.15. The Morgan fingerprint density at radius 3 is 2.28 bits per heavy atom. The minimum Gasteiger partial charge on any atom is -0.493 e. The van der Waals surface area contributed by atoms with E-state index in [1.54, 1.807) is 19.3 Å². The van der Waals surface area contributed by atoms with Crippen molar-refractivity contribution in [1.82, 2.24) is 0 Å². The van der Waals surface area contributed by atoms with Crippen LogP contribution in [0.5, 0.6) is 11.5 Å². The molecule has 3 aromatic carbocycles. The number of carbonyl (C=O) groups is 1. The van der Waals surface area contributed by atoms with Gasteiger partial charge in [-0.3, -0.25) is 0 Å². The van der Waals surface area contributed by atoms with Crippen LogP contribution in [0, 0.1) is 0 Å². The Morgan fingerprint density at radius 1 is 0.969 bits per heavy atom. The Kier molecular flexibility index (Phi) is 6.42. The Hall–Kier alpha value is -3.38. The monoisotopic (exact) mass is 491 g/mol. The quantitative estimate of drug-likeness (QED) is 0.301. The molecular formula is C26H22BrNO4. The molecule has 1 heterocycles. The summed E-state index contributed by atoms with van der Waals surface area (Å²) in [7, 11) is 1.57. The van der Waals surface area contributed by atoms with Crippen LogP contribution in [-0.4, -0.2) is 25.1 Å². The molecule has 0 N–H and O–H groups in total. The number of aliphatic imine (C=N–C) groups is 1. The van der Waals surface area contributed by atoms with Crippen LogP contribution in [0.15, 0.2) is 81.9 Å². The molecule has 3 aromatic rings. The lowest BCUT2D eigenvalue weighted by atomic mass is 10.0. The highest BCUT2D eigenvalue weighted by Crippen LogP contribution is 2.38. The number of benzene rings is 3. The number of halogens is 1. The van der Waals surface area contributed by atoms with E-state index in [4.69, 9.17) is 14.2 Å². The summed E-state index contributed by atoms with van der Waals surface area (Å²) >= 11 is 3.52. The molecule has 0 aliphatic carbocycles. The summed E-state index contributed by atoms with van der Waals surface area (Å²) in [5.41, 5.74) is 3.89.